The highest BCUT2D eigenvalue weighted by Gasteiger charge is 1.95. The number of hydrogen-bond acceptors (Lipinski definition) is 0. The van der Waals surface area contributed by atoms with Crippen LogP contribution in [0, 0.1) is 10.5 Å². The monoisotopic (exact) mass is 244 g/mol. The Morgan fingerprint density at radius 3 is 2.60 bits per heavy atom. The molecule has 0 radical (unpaired) electrons. The van der Waals surface area contributed by atoms with Crippen molar-refractivity contribution in [3.05, 3.63) is 39.5 Å². The van der Waals surface area contributed by atoms with E-state index in [2.05, 4.69) is 54.3 Å². The molecule has 0 nitrogen and oxygen atoms in total. The number of benzene rings is 1. The summed E-state index contributed by atoms with van der Waals surface area (Å²) in [7, 11) is 0. The Labute approximate surface area is 75.1 Å². The summed E-state index contributed by atoms with van der Waals surface area (Å²) >= 11 is 2.31. The molecule has 0 aromatic heterocycles. The maximum absolute atomic E-state index is 3.75. The van der Waals surface area contributed by atoms with E-state index in [-0.39, 0.29) is 0 Å². The molecule has 0 spiro atoms. The number of halogens is 1. The smallest absolute Gasteiger partial charge is 0.0205 e. The largest absolute Gasteiger partial charge is 0.0984 e. The summed E-state index contributed by atoms with van der Waals surface area (Å²) in [6, 6.07) is 6.24. The van der Waals surface area contributed by atoms with Crippen LogP contribution in [0.3, 0.4) is 0 Å². The zero-order valence-corrected chi connectivity index (χ0v) is 8.05. The average Bonchev–Trinajstić information content (AvgIpc) is 1.88. The lowest BCUT2D eigenvalue weighted by Crippen LogP contribution is -1.82. The van der Waals surface area contributed by atoms with Crippen LogP contribution in [0.2, 0.25) is 0 Å². The Kier molecular flexibility index (Phi) is 2.49. The predicted octanol–water partition coefficient (Wildman–Crippen LogP) is 3.24. The number of aryl methyl sites for hydroxylation is 1. The van der Waals surface area contributed by atoms with Crippen molar-refractivity contribution < 1.29 is 0 Å². The van der Waals surface area contributed by atoms with E-state index in [9.17, 15) is 0 Å². The second kappa shape index (κ2) is 3.19. The molecule has 0 bridgehead atoms. The van der Waals surface area contributed by atoms with Crippen molar-refractivity contribution in [3.8, 4) is 0 Å². The molecule has 0 heterocycles. The molecule has 52 valence electrons. The van der Waals surface area contributed by atoms with E-state index >= 15 is 0 Å². The van der Waals surface area contributed by atoms with Crippen LogP contribution >= 0.6 is 22.6 Å². The highest BCUT2D eigenvalue weighted by atomic mass is 127. The van der Waals surface area contributed by atoms with Crippen LogP contribution in [0.15, 0.2) is 24.8 Å². The summed E-state index contributed by atoms with van der Waals surface area (Å²) < 4.78 is 1.27. The Morgan fingerprint density at radius 2 is 2.20 bits per heavy atom. The summed E-state index contributed by atoms with van der Waals surface area (Å²) in [4.78, 5) is 0. The third-order valence-electron chi connectivity index (χ3n) is 1.48. The van der Waals surface area contributed by atoms with Crippen molar-refractivity contribution in [2.45, 2.75) is 6.92 Å². The SMILES string of the molecule is C=Cc1c(C)cccc1I. The highest BCUT2D eigenvalue weighted by molar-refractivity contribution is 14.1. The fourth-order valence-electron chi connectivity index (χ4n) is 0.903. The lowest BCUT2D eigenvalue weighted by molar-refractivity contribution is 1.42. The van der Waals surface area contributed by atoms with Crippen LogP contribution < -0.4 is 0 Å². The van der Waals surface area contributed by atoms with Gasteiger partial charge in [-0.1, -0.05) is 24.8 Å². The first-order chi connectivity index (χ1) is 4.75. The Bertz CT molecular complexity index is 231. The van der Waals surface area contributed by atoms with E-state index in [0.717, 1.165) is 0 Å². The minimum absolute atomic E-state index is 1.25. The molecule has 0 aliphatic heterocycles. The third kappa shape index (κ3) is 1.40. The molecule has 0 saturated carbocycles. The van der Waals surface area contributed by atoms with E-state index in [0.29, 0.717) is 0 Å². The van der Waals surface area contributed by atoms with Gasteiger partial charge in [0.25, 0.3) is 0 Å². The topological polar surface area (TPSA) is 0 Å². The van der Waals surface area contributed by atoms with E-state index in [4.69, 9.17) is 0 Å². The van der Waals surface area contributed by atoms with Crippen LogP contribution in [0.1, 0.15) is 11.1 Å². The molecule has 0 aliphatic carbocycles. The second-order valence-corrected chi connectivity index (χ2v) is 3.34. The molecule has 0 aliphatic rings. The first-order valence-corrected chi connectivity index (χ1v) is 4.21. The molecule has 0 unspecified atom stereocenters. The van der Waals surface area contributed by atoms with Gasteiger partial charge < -0.3 is 0 Å². The summed E-state index contributed by atoms with van der Waals surface area (Å²) in [6.45, 7) is 5.84. The van der Waals surface area contributed by atoms with Gasteiger partial charge in [-0.05, 0) is 46.7 Å². The molecule has 0 saturated heterocycles. The van der Waals surface area contributed by atoms with Gasteiger partial charge in [0.15, 0.2) is 0 Å². The summed E-state index contributed by atoms with van der Waals surface area (Å²) in [6.07, 6.45) is 1.90. The van der Waals surface area contributed by atoms with Crippen molar-refractivity contribution in [2.75, 3.05) is 0 Å². The maximum atomic E-state index is 3.75. The van der Waals surface area contributed by atoms with Gasteiger partial charge in [0, 0.05) is 3.57 Å². The van der Waals surface area contributed by atoms with E-state index in [1.54, 1.807) is 0 Å². The van der Waals surface area contributed by atoms with Crippen LogP contribution in [0.4, 0.5) is 0 Å². The minimum Gasteiger partial charge on any atom is -0.0984 e. The van der Waals surface area contributed by atoms with Gasteiger partial charge in [-0.3, -0.25) is 0 Å². The standard InChI is InChI=1S/C9H9I/c1-3-8-7(2)5-4-6-9(8)10/h3-6H,1H2,2H3. The Balaban J connectivity index is 3.30. The molecular formula is C9H9I. The highest BCUT2D eigenvalue weighted by Crippen LogP contribution is 2.16. The van der Waals surface area contributed by atoms with Crippen molar-refractivity contribution in [2.24, 2.45) is 0 Å². The van der Waals surface area contributed by atoms with E-state index in [1.165, 1.54) is 14.7 Å². The van der Waals surface area contributed by atoms with Crippen molar-refractivity contribution in [3.63, 3.8) is 0 Å². The van der Waals surface area contributed by atoms with Crippen LogP contribution in [0.5, 0.6) is 0 Å². The predicted molar refractivity (Wildman–Crippen MR) is 54.0 cm³/mol. The van der Waals surface area contributed by atoms with Crippen LogP contribution in [-0.4, -0.2) is 0 Å². The fourth-order valence-corrected chi connectivity index (χ4v) is 1.76. The Hall–Kier alpha value is -0.310. The number of rotatable bonds is 1. The molecule has 1 heteroatoms. The molecule has 10 heavy (non-hydrogen) atoms. The fraction of sp³-hybridized carbons (Fsp3) is 0.111. The van der Waals surface area contributed by atoms with E-state index in [1.807, 2.05) is 6.08 Å². The van der Waals surface area contributed by atoms with Gasteiger partial charge in [-0.15, -0.1) is 0 Å². The second-order valence-electron chi connectivity index (χ2n) is 2.17. The zero-order chi connectivity index (χ0) is 7.56. The van der Waals surface area contributed by atoms with Gasteiger partial charge in [-0.25, -0.2) is 0 Å². The first-order valence-electron chi connectivity index (χ1n) is 3.13. The van der Waals surface area contributed by atoms with Gasteiger partial charge in [0.05, 0.1) is 0 Å². The Morgan fingerprint density at radius 1 is 1.50 bits per heavy atom. The lowest BCUT2D eigenvalue weighted by atomic mass is 10.1. The van der Waals surface area contributed by atoms with Gasteiger partial charge in [0.2, 0.25) is 0 Å². The normalized spacial score (nSPS) is 9.40. The molecule has 0 fully saturated rings. The summed E-state index contributed by atoms with van der Waals surface area (Å²) in [5.41, 5.74) is 2.55. The molecule has 0 amide bonds. The molecule has 0 atom stereocenters. The zero-order valence-electron chi connectivity index (χ0n) is 5.89. The number of hydrogen-bond donors (Lipinski definition) is 0. The van der Waals surface area contributed by atoms with Gasteiger partial charge in [-0.2, -0.15) is 0 Å². The lowest BCUT2D eigenvalue weighted by Gasteiger charge is -2.00. The van der Waals surface area contributed by atoms with Crippen LogP contribution in [0.25, 0.3) is 6.08 Å². The first kappa shape index (κ1) is 7.79. The minimum atomic E-state index is 1.25. The van der Waals surface area contributed by atoms with Crippen molar-refractivity contribution in [1.82, 2.24) is 0 Å². The molecule has 1 aromatic rings. The van der Waals surface area contributed by atoms with Crippen molar-refractivity contribution >= 4 is 28.7 Å². The molecule has 0 N–H and O–H groups in total. The van der Waals surface area contributed by atoms with E-state index < -0.39 is 0 Å². The van der Waals surface area contributed by atoms with Gasteiger partial charge in [0.1, 0.15) is 0 Å². The van der Waals surface area contributed by atoms with Crippen molar-refractivity contribution in [1.29, 1.82) is 0 Å². The quantitative estimate of drug-likeness (QED) is 0.665. The molecular weight excluding hydrogens is 235 g/mol. The van der Waals surface area contributed by atoms with Gasteiger partial charge >= 0.3 is 0 Å². The summed E-state index contributed by atoms with van der Waals surface area (Å²) in [5.74, 6) is 0. The summed E-state index contributed by atoms with van der Waals surface area (Å²) in [5, 5.41) is 0. The third-order valence-corrected chi connectivity index (χ3v) is 2.42. The van der Waals surface area contributed by atoms with Crippen LogP contribution in [-0.2, 0) is 0 Å². The molecule has 1 aromatic carbocycles. The average molecular weight is 244 g/mol. The molecule has 1 rings (SSSR count). The maximum Gasteiger partial charge on any atom is 0.0205 e.